The fourth-order valence-electron chi connectivity index (χ4n) is 1.88. The van der Waals surface area contributed by atoms with E-state index < -0.39 is 0 Å². The molecule has 102 valence electrons. The van der Waals surface area contributed by atoms with Crippen molar-refractivity contribution < 1.29 is 4.74 Å². The second-order valence-corrected chi connectivity index (χ2v) is 5.42. The molecule has 0 radical (unpaired) electrons. The number of nitrogens with two attached hydrogens (primary N) is 1. The Hall–Kier alpha value is -2.05. The van der Waals surface area contributed by atoms with E-state index in [1.807, 2.05) is 22.2 Å². The Morgan fingerprint density at radius 2 is 2.35 bits per heavy atom. The summed E-state index contributed by atoms with van der Waals surface area (Å²) in [6.07, 6.45) is 3.85. The number of thiazole rings is 1. The van der Waals surface area contributed by atoms with Gasteiger partial charge in [0.15, 0.2) is 4.96 Å². The summed E-state index contributed by atoms with van der Waals surface area (Å²) in [4.78, 5) is 5.34. The van der Waals surface area contributed by atoms with Crippen LogP contribution in [-0.2, 0) is 6.61 Å². The van der Waals surface area contributed by atoms with Crippen LogP contribution in [-0.4, -0.2) is 15.2 Å². The molecule has 0 bridgehead atoms. The zero-order valence-electron chi connectivity index (χ0n) is 10.3. The van der Waals surface area contributed by atoms with Gasteiger partial charge in [-0.15, -0.1) is 11.3 Å². The van der Waals surface area contributed by atoms with Crippen LogP contribution in [0.15, 0.2) is 36.0 Å². The molecule has 2 heterocycles. The molecule has 7 heteroatoms. The minimum absolute atomic E-state index is 0.114. The summed E-state index contributed by atoms with van der Waals surface area (Å²) in [5, 5.41) is 9.93. The molecule has 2 aromatic heterocycles. The first-order chi connectivity index (χ1) is 9.65. The number of hydrogen-bond donors (Lipinski definition) is 2. The van der Waals surface area contributed by atoms with E-state index in [-0.39, 0.29) is 5.84 Å². The Kier molecular flexibility index (Phi) is 3.33. The lowest BCUT2D eigenvalue weighted by molar-refractivity contribution is 0.301. The van der Waals surface area contributed by atoms with Crippen LogP contribution >= 0.6 is 22.9 Å². The normalized spacial score (nSPS) is 10.8. The smallest absolute Gasteiger partial charge is 0.193 e. The summed E-state index contributed by atoms with van der Waals surface area (Å²) in [6, 6.07) is 5.18. The Morgan fingerprint density at radius 1 is 1.50 bits per heavy atom. The molecule has 0 aliphatic heterocycles. The van der Waals surface area contributed by atoms with E-state index in [1.54, 1.807) is 29.5 Å². The number of aromatic nitrogens is 2. The fourth-order valence-corrected chi connectivity index (χ4v) is 2.87. The quantitative estimate of drug-likeness (QED) is 0.575. The zero-order chi connectivity index (χ0) is 14.1. The largest absolute Gasteiger partial charge is 0.486 e. The standard InChI is InChI=1S/C13H11ClN4OS/c14-9-2-1-3-10(11(9)12(15)16)19-7-8-6-18-4-5-20-13(18)17-8/h1-6H,7H2,(H3,15,16). The molecule has 3 aromatic rings. The maximum Gasteiger partial charge on any atom is 0.193 e. The Balaban J connectivity index is 1.83. The van der Waals surface area contributed by atoms with E-state index in [1.165, 1.54) is 0 Å². The Morgan fingerprint density at radius 3 is 3.10 bits per heavy atom. The summed E-state index contributed by atoms with van der Waals surface area (Å²) in [5.74, 6) is 0.373. The number of nitrogens with zero attached hydrogens (tertiary/aromatic N) is 2. The molecule has 3 N–H and O–H groups in total. The lowest BCUT2D eigenvalue weighted by Crippen LogP contribution is -2.14. The van der Waals surface area contributed by atoms with Crippen molar-refractivity contribution in [1.29, 1.82) is 5.41 Å². The van der Waals surface area contributed by atoms with Crippen molar-refractivity contribution in [3.8, 4) is 5.75 Å². The third-order valence-electron chi connectivity index (χ3n) is 2.76. The van der Waals surface area contributed by atoms with Crippen LogP contribution in [0.5, 0.6) is 5.75 Å². The van der Waals surface area contributed by atoms with Gasteiger partial charge in [0, 0.05) is 17.8 Å². The van der Waals surface area contributed by atoms with Crippen molar-refractivity contribution in [1.82, 2.24) is 9.38 Å². The highest BCUT2D eigenvalue weighted by atomic mass is 35.5. The molecule has 5 nitrogen and oxygen atoms in total. The van der Waals surface area contributed by atoms with Crippen LogP contribution in [0, 0.1) is 5.41 Å². The van der Waals surface area contributed by atoms with Gasteiger partial charge in [-0.1, -0.05) is 17.7 Å². The van der Waals surface area contributed by atoms with Gasteiger partial charge in [0.1, 0.15) is 18.2 Å². The zero-order valence-corrected chi connectivity index (χ0v) is 11.9. The first-order valence-corrected chi connectivity index (χ1v) is 7.07. The van der Waals surface area contributed by atoms with Crippen LogP contribution < -0.4 is 10.5 Å². The van der Waals surface area contributed by atoms with E-state index in [4.69, 9.17) is 27.5 Å². The molecule has 0 atom stereocenters. The number of ether oxygens (including phenoxy) is 1. The summed E-state index contributed by atoms with van der Waals surface area (Å²) in [7, 11) is 0. The van der Waals surface area contributed by atoms with Gasteiger partial charge in [0.25, 0.3) is 0 Å². The SMILES string of the molecule is N=C(N)c1c(Cl)cccc1OCc1cn2ccsc2n1. The van der Waals surface area contributed by atoms with Crippen LogP contribution in [0.3, 0.4) is 0 Å². The summed E-state index contributed by atoms with van der Waals surface area (Å²) < 4.78 is 7.63. The predicted molar refractivity (Wildman–Crippen MR) is 79.9 cm³/mol. The molecule has 1 aromatic carbocycles. The van der Waals surface area contributed by atoms with Crippen LogP contribution in [0.2, 0.25) is 5.02 Å². The summed E-state index contributed by atoms with van der Waals surface area (Å²) in [5.41, 5.74) is 6.75. The van der Waals surface area contributed by atoms with Gasteiger partial charge < -0.3 is 10.5 Å². The fraction of sp³-hybridized carbons (Fsp3) is 0.0769. The minimum Gasteiger partial charge on any atom is -0.486 e. The van der Waals surface area contributed by atoms with Gasteiger partial charge in [0.2, 0.25) is 0 Å². The molecule has 20 heavy (non-hydrogen) atoms. The molecule has 0 aliphatic carbocycles. The lowest BCUT2D eigenvalue weighted by atomic mass is 10.2. The third-order valence-corrected chi connectivity index (χ3v) is 3.85. The predicted octanol–water partition coefficient (Wildman–Crippen LogP) is 2.91. The van der Waals surface area contributed by atoms with Crippen molar-refractivity contribution in [2.75, 3.05) is 0 Å². The topological polar surface area (TPSA) is 76.4 Å². The van der Waals surface area contributed by atoms with E-state index in [2.05, 4.69) is 4.98 Å². The Bertz CT molecular complexity index is 751. The van der Waals surface area contributed by atoms with Gasteiger partial charge >= 0.3 is 0 Å². The number of fused-ring (bicyclic) bond motifs is 1. The van der Waals surface area contributed by atoms with Crippen molar-refractivity contribution >= 4 is 33.7 Å². The molecule has 0 fully saturated rings. The van der Waals surface area contributed by atoms with Crippen LogP contribution in [0.1, 0.15) is 11.3 Å². The molecule has 3 rings (SSSR count). The van der Waals surface area contributed by atoms with Crippen molar-refractivity contribution in [2.24, 2.45) is 5.73 Å². The average Bonchev–Trinajstić information content (AvgIpc) is 2.96. The van der Waals surface area contributed by atoms with E-state index in [0.717, 1.165) is 10.7 Å². The van der Waals surface area contributed by atoms with Gasteiger partial charge in [-0.2, -0.15) is 0 Å². The molecule has 0 unspecified atom stereocenters. The van der Waals surface area contributed by atoms with Crippen LogP contribution in [0.25, 0.3) is 4.96 Å². The van der Waals surface area contributed by atoms with E-state index >= 15 is 0 Å². The van der Waals surface area contributed by atoms with Gasteiger partial charge in [-0.05, 0) is 12.1 Å². The van der Waals surface area contributed by atoms with Crippen molar-refractivity contribution in [3.05, 3.63) is 52.3 Å². The maximum atomic E-state index is 7.56. The number of benzene rings is 1. The Labute approximate surface area is 124 Å². The highest BCUT2D eigenvalue weighted by Gasteiger charge is 2.12. The summed E-state index contributed by atoms with van der Waals surface area (Å²) in [6.45, 7) is 0.301. The number of halogens is 1. The molecular weight excluding hydrogens is 296 g/mol. The number of amidine groups is 1. The molecule has 0 amide bonds. The van der Waals surface area contributed by atoms with Gasteiger partial charge in [-0.3, -0.25) is 9.81 Å². The van der Waals surface area contributed by atoms with Gasteiger partial charge in [0.05, 0.1) is 16.3 Å². The molecule has 0 saturated heterocycles. The van der Waals surface area contributed by atoms with E-state index in [0.29, 0.717) is 22.9 Å². The number of hydrogen-bond acceptors (Lipinski definition) is 4. The molecule has 0 spiro atoms. The highest BCUT2D eigenvalue weighted by Crippen LogP contribution is 2.26. The van der Waals surface area contributed by atoms with Crippen LogP contribution in [0.4, 0.5) is 0 Å². The second-order valence-electron chi connectivity index (χ2n) is 4.14. The first-order valence-electron chi connectivity index (χ1n) is 5.82. The maximum absolute atomic E-state index is 7.56. The second kappa shape index (κ2) is 5.15. The number of imidazole rings is 1. The first kappa shape index (κ1) is 13.0. The van der Waals surface area contributed by atoms with Crippen molar-refractivity contribution in [3.63, 3.8) is 0 Å². The third kappa shape index (κ3) is 2.35. The minimum atomic E-state index is -0.114. The summed E-state index contributed by atoms with van der Waals surface area (Å²) >= 11 is 7.60. The number of nitrogens with one attached hydrogen (secondary N) is 1. The lowest BCUT2D eigenvalue weighted by Gasteiger charge is -2.10. The molecular formula is C13H11ClN4OS. The average molecular weight is 307 g/mol. The number of rotatable bonds is 4. The number of nitrogen functional groups attached to an aromatic ring is 1. The molecule has 0 saturated carbocycles. The molecule has 0 aliphatic rings. The monoisotopic (exact) mass is 306 g/mol. The van der Waals surface area contributed by atoms with Gasteiger partial charge in [-0.25, -0.2) is 4.98 Å². The highest BCUT2D eigenvalue weighted by molar-refractivity contribution is 7.15. The van der Waals surface area contributed by atoms with Crippen molar-refractivity contribution in [2.45, 2.75) is 6.61 Å². The van der Waals surface area contributed by atoms with E-state index in [9.17, 15) is 0 Å².